The van der Waals surface area contributed by atoms with Crippen LogP contribution in [0.15, 0.2) is 23.3 Å². The Labute approximate surface area is 276 Å². The van der Waals surface area contributed by atoms with Crippen molar-refractivity contribution in [1.82, 2.24) is 5.32 Å². The fraction of sp³-hybridized carbons (Fsp3) is 0.905. The van der Waals surface area contributed by atoms with Gasteiger partial charge < -0.3 is 15.5 Å². The van der Waals surface area contributed by atoms with Crippen molar-refractivity contribution in [2.75, 3.05) is 13.2 Å². The van der Waals surface area contributed by atoms with Gasteiger partial charge in [-0.1, -0.05) is 60.1 Å². The maximum atomic E-state index is 11.4. The van der Waals surface area contributed by atoms with Crippen molar-refractivity contribution in [1.29, 1.82) is 0 Å². The highest BCUT2D eigenvalue weighted by Crippen LogP contribution is 2.76. The first kappa shape index (κ1) is 32.9. The monoisotopic (exact) mass is 620 g/mol. The zero-order valence-corrected chi connectivity index (χ0v) is 30.2. The number of hydrogen-bond acceptors (Lipinski definition) is 3. The summed E-state index contributed by atoms with van der Waals surface area (Å²) in [4.78, 5) is 0. The number of aliphatic hydroxyl groups excluding tert-OH is 1. The lowest BCUT2D eigenvalue weighted by molar-refractivity contribution is -0.218. The van der Waals surface area contributed by atoms with Gasteiger partial charge in [-0.2, -0.15) is 0 Å². The number of nitrogens with one attached hydrogen (secondary N) is 1. The van der Waals surface area contributed by atoms with E-state index in [0.717, 1.165) is 74.7 Å². The predicted octanol–water partition coefficient (Wildman–Crippen LogP) is 9.77. The zero-order chi connectivity index (χ0) is 31.9. The highest BCUT2D eigenvalue weighted by atomic mass is 16.3. The molecule has 5 fully saturated rings. The van der Waals surface area contributed by atoms with Crippen LogP contribution in [0, 0.1) is 57.2 Å². The number of hydrogen-bond donors (Lipinski definition) is 3. The predicted molar refractivity (Wildman–Crippen MR) is 187 cm³/mol. The van der Waals surface area contributed by atoms with Gasteiger partial charge in [0.25, 0.3) is 0 Å². The van der Waals surface area contributed by atoms with E-state index < -0.39 is 5.60 Å². The van der Waals surface area contributed by atoms with E-state index in [1.54, 1.807) is 11.1 Å². The van der Waals surface area contributed by atoms with Gasteiger partial charge in [0.1, 0.15) is 0 Å². The van der Waals surface area contributed by atoms with Crippen molar-refractivity contribution in [2.24, 2.45) is 57.2 Å². The summed E-state index contributed by atoms with van der Waals surface area (Å²) in [6.45, 7) is 17.2. The third kappa shape index (κ3) is 5.04. The SMILES string of the molecule is CC1(C)C(C2=CC[C@H](CO)CC2)=CC[C@@]2(C)C1CC[C@]1(C)C2CC[C@@H]2[C@H]3CCC[C@]3(NCC[C@]3(O)CC[C@@H](C)CC3)CC[C@]21C. The quantitative estimate of drug-likeness (QED) is 0.277. The lowest BCUT2D eigenvalue weighted by Gasteiger charge is -2.72. The molecule has 7 aliphatic carbocycles. The number of aliphatic hydroxyl groups is 2. The molecule has 45 heavy (non-hydrogen) atoms. The van der Waals surface area contributed by atoms with Gasteiger partial charge in [-0.3, -0.25) is 0 Å². The van der Waals surface area contributed by atoms with Gasteiger partial charge in [-0.05, 0) is 184 Å². The van der Waals surface area contributed by atoms with Crippen molar-refractivity contribution in [2.45, 2.75) is 168 Å². The molecule has 3 N–H and O–H groups in total. The second-order valence-corrected chi connectivity index (χ2v) is 19.5. The summed E-state index contributed by atoms with van der Waals surface area (Å²) >= 11 is 0. The van der Waals surface area contributed by atoms with Crippen LogP contribution in [0.4, 0.5) is 0 Å². The van der Waals surface area contributed by atoms with E-state index in [9.17, 15) is 10.2 Å². The average molecular weight is 620 g/mol. The number of rotatable bonds is 6. The summed E-state index contributed by atoms with van der Waals surface area (Å²) in [5.74, 6) is 4.48. The van der Waals surface area contributed by atoms with Gasteiger partial charge in [0.05, 0.1) is 5.60 Å². The maximum absolute atomic E-state index is 11.4. The van der Waals surface area contributed by atoms with Gasteiger partial charge in [0.2, 0.25) is 0 Å². The Bertz CT molecular complexity index is 1180. The van der Waals surface area contributed by atoms with Gasteiger partial charge in [0.15, 0.2) is 0 Å². The molecule has 5 saturated carbocycles. The molecule has 0 heterocycles. The summed E-state index contributed by atoms with van der Waals surface area (Å²) in [6, 6.07) is 0. The fourth-order valence-corrected chi connectivity index (χ4v) is 14.4. The lowest BCUT2D eigenvalue weighted by Crippen LogP contribution is -2.67. The molecule has 0 saturated heterocycles. The van der Waals surface area contributed by atoms with Crippen LogP contribution in [-0.2, 0) is 0 Å². The van der Waals surface area contributed by atoms with Crippen LogP contribution >= 0.6 is 0 Å². The van der Waals surface area contributed by atoms with E-state index in [1.165, 1.54) is 77.0 Å². The summed E-state index contributed by atoms with van der Waals surface area (Å²) in [6.07, 6.45) is 27.7. The molecular formula is C42H69NO2. The Hall–Kier alpha value is -0.640. The fourth-order valence-electron chi connectivity index (χ4n) is 14.4. The molecule has 254 valence electrons. The zero-order valence-electron chi connectivity index (χ0n) is 30.2. The molecule has 2 unspecified atom stereocenters. The molecule has 3 heteroatoms. The Morgan fingerprint density at radius 3 is 2.27 bits per heavy atom. The van der Waals surface area contributed by atoms with E-state index >= 15 is 0 Å². The van der Waals surface area contributed by atoms with Gasteiger partial charge >= 0.3 is 0 Å². The third-order valence-electron chi connectivity index (χ3n) is 17.3. The van der Waals surface area contributed by atoms with E-state index in [1.807, 2.05) is 0 Å². The minimum Gasteiger partial charge on any atom is -0.396 e. The molecule has 0 aromatic rings. The van der Waals surface area contributed by atoms with E-state index in [0.29, 0.717) is 34.3 Å². The first-order chi connectivity index (χ1) is 21.3. The molecule has 0 spiro atoms. The van der Waals surface area contributed by atoms with Crippen LogP contribution in [0.25, 0.3) is 0 Å². The topological polar surface area (TPSA) is 52.5 Å². The number of allylic oxidation sites excluding steroid dienone is 4. The highest BCUT2D eigenvalue weighted by Gasteiger charge is 2.69. The van der Waals surface area contributed by atoms with Gasteiger partial charge in [-0.15, -0.1) is 0 Å². The standard InChI is InChI=1S/C42H69NO2/c1-29-15-22-41(45,23-16-29)26-27-43-42-19-7-8-34(42)33-13-14-36-38(4)20-17-32(31-11-9-30(28-44)10-12-31)37(2,3)35(38)18-21-40(36,6)39(33,5)24-25-42/h11,17,29-30,33-36,43-45H,7-10,12-16,18-28H2,1-6H3/t29-,30-,33+,34+,35?,36?,38-,39+,40+,41+,42-/m0/s1. The van der Waals surface area contributed by atoms with Crippen LogP contribution in [0.2, 0.25) is 0 Å². The lowest BCUT2D eigenvalue weighted by atomic mass is 9.33. The molecule has 9 atom stereocenters. The van der Waals surface area contributed by atoms with Crippen LogP contribution < -0.4 is 5.32 Å². The summed E-state index contributed by atoms with van der Waals surface area (Å²) < 4.78 is 0. The van der Waals surface area contributed by atoms with Crippen LogP contribution in [0.3, 0.4) is 0 Å². The minimum atomic E-state index is -0.426. The van der Waals surface area contributed by atoms with Crippen molar-refractivity contribution in [3.05, 3.63) is 23.3 Å². The maximum Gasteiger partial charge on any atom is 0.0660 e. The van der Waals surface area contributed by atoms with Crippen LogP contribution in [-0.4, -0.2) is 34.5 Å². The largest absolute Gasteiger partial charge is 0.396 e. The van der Waals surface area contributed by atoms with Gasteiger partial charge in [0, 0.05) is 12.1 Å². The molecule has 3 nitrogen and oxygen atoms in total. The summed E-state index contributed by atoms with van der Waals surface area (Å²) in [5, 5.41) is 25.3. The van der Waals surface area contributed by atoms with Gasteiger partial charge in [-0.25, -0.2) is 0 Å². The Kier molecular flexibility index (Phi) is 8.38. The summed E-state index contributed by atoms with van der Waals surface area (Å²) in [5.41, 5.74) is 4.62. The molecule has 0 radical (unpaired) electrons. The van der Waals surface area contributed by atoms with Crippen molar-refractivity contribution < 1.29 is 10.2 Å². The summed E-state index contributed by atoms with van der Waals surface area (Å²) in [7, 11) is 0. The Balaban J connectivity index is 1.10. The number of fused-ring (bicyclic) bond motifs is 7. The first-order valence-electron chi connectivity index (χ1n) is 19.8. The Morgan fingerprint density at radius 1 is 0.778 bits per heavy atom. The third-order valence-corrected chi connectivity index (χ3v) is 17.3. The molecule has 0 aliphatic heterocycles. The Morgan fingerprint density at radius 2 is 1.56 bits per heavy atom. The second-order valence-electron chi connectivity index (χ2n) is 19.5. The van der Waals surface area contributed by atoms with Crippen LogP contribution in [0.1, 0.15) is 157 Å². The normalized spacial score (nSPS) is 50.8. The first-order valence-corrected chi connectivity index (χ1v) is 19.8. The molecule has 7 aliphatic rings. The smallest absolute Gasteiger partial charge is 0.0660 e. The van der Waals surface area contributed by atoms with Crippen molar-refractivity contribution >= 4 is 0 Å². The van der Waals surface area contributed by atoms with E-state index in [4.69, 9.17) is 0 Å². The molecule has 0 amide bonds. The molecule has 0 aromatic heterocycles. The van der Waals surface area contributed by atoms with E-state index in [-0.39, 0.29) is 5.41 Å². The van der Waals surface area contributed by atoms with E-state index in [2.05, 4.69) is 59.0 Å². The average Bonchev–Trinajstić information content (AvgIpc) is 3.43. The minimum absolute atomic E-state index is 0.224. The van der Waals surface area contributed by atoms with Crippen LogP contribution in [0.5, 0.6) is 0 Å². The second kappa shape index (κ2) is 11.5. The molecular weight excluding hydrogens is 550 g/mol. The molecule has 0 bridgehead atoms. The van der Waals surface area contributed by atoms with Crippen molar-refractivity contribution in [3.63, 3.8) is 0 Å². The molecule has 0 aromatic carbocycles. The molecule has 7 rings (SSSR count). The van der Waals surface area contributed by atoms with Crippen molar-refractivity contribution in [3.8, 4) is 0 Å². The highest BCUT2D eigenvalue weighted by molar-refractivity contribution is 5.41.